The van der Waals surface area contributed by atoms with Gasteiger partial charge in [0.1, 0.15) is 11.5 Å². The number of halogens is 3. The number of hydrogen-bond donors (Lipinski definition) is 1. The molecule has 1 saturated heterocycles. The molecular formula is C13H15F3N2O. The topological polar surface area (TPSA) is 32.3 Å². The summed E-state index contributed by atoms with van der Waals surface area (Å²) in [5.74, 6) is -3.27. The van der Waals surface area contributed by atoms with Crippen LogP contribution >= 0.6 is 0 Å². The Morgan fingerprint density at radius 1 is 1.11 bits per heavy atom. The highest BCUT2D eigenvalue weighted by Gasteiger charge is 2.18. The predicted octanol–water partition coefficient (Wildman–Crippen LogP) is 2.53. The van der Waals surface area contributed by atoms with E-state index >= 15 is 0 Å². The van der Waals surface area contributed by atoms with Crippen molar-refractivity contribution in [2.24, 2.45) is 0 Å². The molecule has 0 saturated carbocycles. The van der Waals surface area contributed by atoms with E-state index in [9.17, 15) is 18.0 Å². The lowest BCUT2D eigenvalue weighted by molar-refractivity contribution is -0.130. The first-order chi connectivity index (χ1) is 9.08. The number of nitrogens with zero attached hydrogens (tertiary/aromatic N) is 1. The zero-order valence-corrected chi connectivity index (χ0v) is 10.4. The summed E-state index contributed by atoms with van der Waals surface area (Å²) >= 11 is 0. The Kier molecular flexibility index (Phi) is 4.29. The molecule has 0 aliphatic carbocycles. The van der Waals surface area contributed by atoms with Crippen LogP contribution in [0.4, 0.5) is 18.9 Å². The maximum absolute atomic E-state index is 13.3. The Bertz CT molecular complexity index is 450. The summed E-state index contributed by atoms with van der Waals surface area (Å²) < 4.78 is 39.4. The van der Waals surface area contributed by atoms with Crippen molar-refractivity contribution in [2.75, 3.05) is 25.0 Å². The van der Waals surface area contributed by atoms with E-state index in [1.807, 2.05) is 0 Å². The summed E-state index contributed by atoms with van der Waals surface area (Å²) in [4.78, 5) is 13.5. The molecule has 0 bridgehead atoms. The molecule has 0 radical (unpaired) electrons. The number of carbonyl (C=O) groups is 1. The van der Waals surface area contributed by atoms with Crippen molar-refractivity contribution in [3.05, 3.63) is 29.6 Å². The van der Waals surface area contributed by atoms with Gasteiger partial charge in [-0.15, -0.1) is 0 Å². The van der Waals surface area contributed by atoms with Gasteiger partial charge in [-0.25, -0.2) is 13.2 Å². The Hall–Kier alpha value is -1.72. The van der Waals surface area contributed by atoms with Gasteiger partial charge in [-0.1, -0.05) is 0 Å². The number of amides is 1. The van der Waals surface area contributed by atoms with Crippen LogP contribution < -0.4 is 5.32 Å². The number of nitrogens with one attached hydrogen (secondary N) is 1. The van der Waals surface area contributed by atoms with Crippen LogP contribution in [-0.2, 0) is 4.79 Å². The lowest BCUT2D eigenvalue weighted by atomic mass is 10.1. The van der Waals surface area contributed by atoms with Crippen molar-refractivity contribution >= 4 is 11.6 Å². The summed E-state index contributed by atoms with van der Waals surface area (Å²) in [5, 5.41) is 2.40. The van der Waals surface area contributed by atoms with E-state index in [2.05, 4.69) is 5.32 Å². The van der Waals surface area contributed by atoms with Crippen molar-refractivity contribution in [3.63, 3.8) is 0 Å². The van der Waals surface area contributed by atoms with Crippen LogP contribution in [0.5, 0.6) is 0 Å². The van der Waals surface area contributed by atoms with E-state index < -0.39 is 23.1 Å². The highest BCUT2D eigenvalue weighted by atomic mass is 19.1. The Labute approximate surface area is 109 Å². The quantitative estimate of drug-likeness (QED) is 0.917. The molecule has 19 heavy (non-hydrogen) atoms. The van der Waals surface area contributed by atoms with Crippen molar-refractivity contribution in [1.82, 2.24) is 4.90 Å². The number of anilines is 1. The van der Waals surface area contributed by atoms with Crippen LogP contribution in [0.3, 0.4) is 0 Å². The maximum atomic E-state index is 13.3. The van der Waals surface area contributed by atoms with Crippen molar-refractivity contribution in [3.8, 4) is 0 Å². The number of likely N-dealkylation sites (tertiary alicyclic amines) is 1. The molecule has 1 aliphatic heterocycles. The van der Waals surface area contributed by atoms with Crippen molar-refractivity contribution < 1.29 is 18.0 Å². The summed E-state index contributed by atoms with van der Waals surface area (Å²) in [5.41, 5.74) is -0.466. The van der Waals surface area contributed by atoms with Crippen LogP contribution in [0, 0.1) is 17.5 Å². The van der Waals surface area contributed by atoms with Crippen LogP contribution in [0.15, 0.2) is 12.1 Å². The average Bonchev–Trinajstić information content (AvgIpc) is 2.38. The van der Waals surface area contributed by atoms with Crippen molar-refractivity contribution in [2.45, 2.75) is 19.3 Å². The molecule has 1 aromatic rings. The van der Waals surface area contributed by atoms with E-state index in [0.29, 0.717) is 25.2 Å². The Balaban J connectivity index is 1.96. The third-order valence-electron chi connectivity index (χ3n) is 3.13. The molecule has 0 unspecified atom stereocenters. The third-order valence-corrected chi connectivity index (χ3v) is 3.13. The van der Waals surface area contributed by atoms with Crippen LogP contribution in [0.2, 0.25) is 0 Å². The highest BCUT2D eigenvalue weighted by Crippen LogP contribution is 2.20. The molecule has 1 heterocycles. The minimum atomic E-state index is -1.04. The molecule has 1 amide bonds. The molecule has 3 nitrogen and oxygen atoms in total. The first kappa shape index (κ1) is 13.7. The van der Waals surface area contributed by atoms with Crippen LogP contribution in [0.1, 0.15) is 19.3 Å². The summed E-state index contributed by atoms with van der Waals surface area (Å²) in [6.07, 6.45) is 2.99. The molecule has 0 aromatic heterocycles. The number of piperidine rings is 1. The van der Waals surface area contributed by atoms with Gasteiger partial charge in [0.25, 0.3) is 0 Å². The van der Waals surface area contributed by atoms with Crippen LogP contribution in [-0.4, -0.2) is 30.4 Å². The van der Waals surface area contributed by atoms with E-state index in [1.54, 1.807) is 4.90 Å². The van der Waals surface area contributed by atoms with E-state index in [-0.39, 0.29) is 12.5 Å². The number of rotatable bonds is 3. The molecule has 0 spiro atoms. The van der Waals surface area contributed by atoms with Gasteiger partial charge in [-0.05, 0) is 19.3 Å². The number of benzene rings is 1. The maximum Gasteiger partial charge on any atom is 0.241 e. The lowest BCUT2D eigenvalue weighted by Gasteiger charge is -2.27. The molecule has 2 rings (SSSR count). The molecule has 1 aromatic carbocycles. The zero-order chi connectivity index (χ0) is 13.8. The van der Waals surface area contributed by atoms with Gasteiger partial charge in [0.2, 0.25) is 5.91 Å². The van der Waals surface area contributed by atoms with Gasteiger partial charge < -0.3 is 10.2 Å². The SMILES string of the molecule is O=C(CNc1c(F)cc(F)cc1F)N1CCCCC1. The van der Waals surface area contributed by atoms with Gasteiger partial charge >= 0.3 is 0 Å². The lowest BCUT2D eigenvalue weighted by Crippen LogP contribution is -2.39. The van der Waals surface area contributed by atoms with E-state index in [1.165, 1.54) is 0 Å². The third kappa shape index (κ3) is 3.39. The Morgan fingerprint density at radius 2 is 1.68 bits per heavy atom. The zero-order valence-electron chi connectivity index (χ0n) is 10.4. The fraction of sp³-hybridized carbons (Fsp3) is 0.462. The molecule has 6 heteroatoms. The molecule has 1 N–H and O–H groups in total. The largest absolute Gasteiger partial charge is 0.371 e. The van der Waals surface area contributed by atoms with Gasteiger partial charge in [0, 0.05) is 25.2 Å². The van der Waals surface area contributed by atoms with Crippen molar-refractivity contribution in [1.29, 1.82) is 0 Å². The number of hydrogen-bond acceptors (Lipinski definition) is 2. The molecule has 104 valence electrons. The minimum absolute atomic E-state index is 0.195. The second-order valence-corrected chi connectivity index (χ2v) is 4.54. The fourth-order valence-corrected chi connectivity index (χ4v) is 2.13. The molecule has 1 fully saturated rings. The number of carbonyl (C=O) groups excluding carboxylic acids is 1. The summed E-state index contributed by atoms with van der Waals surface area (Å²) in [7, 11) is 0. The summed E-state index contributed by atoms with van der Waals surface area (Å²) in [6.45, 7) is 1.16. The molecular weight excluding hydrogens is 257 g/mol. The average molecular weight is 272 g/mol. The summed E-state index contributed by atoms with van der Waals surface area (Å²) in [6, 6.07) is 1.16. The van der Waals surface area contributed by atoms with Crippen LogP contribution in [0.25, 0.3) is 0 Å². The smallest absolute Gasteiger partial charge is 0.241 e. The van der Waals surface area contributed by atoms with Gasteiger partial charge in [0.15, 0.2) is 11.6 Å². The second kappa shape index (κ2) is 5.95. The van der Waals surface area contributed by atoms with Gasteiger partial charge in [-0.2, -0.15) is 0 Å². The standard InChI is InChI=1S/C13H15F3N2O/c14-9-6-10(15)13(11(16)7-9)17-8-12(19)18-4-2-1-3-5-18/h6-7,17H,1-5,8H2. The molecule has 1 aliphatic rings. The fourth-order valence-electron chi connectivity index (χ4n) is 2.13. The first-order valence-electron chi connectivity index (χ1n) is 6.24. The van der Waals surface area contributed by atoms with E-state index in [0.717, 1.165) is 19.3 Å². The monoisotopic (exact) mass is 272 g/mol. The normalized spacial score (nSPS) is 15.4. The van der Waals surface area contributed by atoms with Gasteiger partial charge in [0.05, 0.1) is 6.54 Å². The molecule has 0 atom stereocenters. The van der Waals surface area contributed by atoms with Gasteiger partial charge in [-0.3, -0.25) is 4.79 Å². The minimum Gasteiger partial charge on any atom is -0.371 e. The first-order valence-corrected chi connectivity index (χ1v) is 6.24. The second-order valence-electron chi connectivity index (χ2n) is 4.54. The predicted molar refractivity (Wildman–Crippen MR) is 65.2 cm³/mol. The Morgan fingerprint density at radius 3 is 2.26 bits per heavy atom. The highest BCUT2D eigenvalue weighted by molar-refractivity contribution is 5.81. The van der Waals surface area contributed by atoms with E-state index in [4.69, 9.17) is 0 Å².